The minimum atomic E-state index is 0.0602. The van der Waals surface area contributed by atoms with E-state index in [-0.39, 0.29) is 6.04 Å². The van der Waals surface area contributed by atoms with Crippen molar-refractivity contribution < 1.29 is 0 Å². The van der Waals surface area contributed by atoms with Gasteiger partial charge in [-0.2, -0.15) is 0 Å². The quantitative estimate of drug-likeness (QED) is 0.549. The van der Waals surface area contributed by atoms with Crippen LogP contribution in [0.25, 0.3) is 21.3 Å². The van der Waals surface area contributed by atoms with Gasteiger partial charge in [0.25, 0.3) is 0 Å². The number of hydrogen-bond acceptors (Lipinski definition) is 5. The topological polar surface area (TPSA) is 50.7 Å². The standard InChI is InChI=1S/C20H18N4S/c1-13-6-8-15(9-7-13)16-11-25-20-18(16)19(22-12-23-20)24-14(2)17-5-3-4-10-21-17/h3-12,14H,1-2H3,(H,22,23,24). The van der Waals surface area contributed by atoms with E-state index in [1.807, 2.05) is 24.4 Å². The molecular formula is C20H18N4S. The zero-order chi connectivity index (χ0) is 17.2. The number of pyridine rings is 1. The smallest absolute Gasteiger partial charge is 0.139 e. The lowest BCUT2D eigenvalue weighted by Crippen LogP contribution is -2.09. The third kappa shape index (κ3) is 3.10. The Morgan fingerprint density at radius 1 is 1.00 bits per heavy atom. The molecule has 3 aromatic heterocycles. The Bertz CT molecular complexity index is 993. The Kier molecular flexibility index (Phi) is 4.15. The average Bonchev–Trinajstić information content (AvgIpc) is 3.08. The highest BCUT2D eigenvalue weighted by atomic mass is 32.1. The Labute approximate surface area is 150 Å². The van der Waals surface area contributed by atoms with Crippen LogP contribution in [0.4, 0.5) is 5.82 Å². The second kappa shape index (κ2) is 6.61. The second-order valence-electron chi connectivity index (χ2n) is 6.04. The molecular weight excluding hydrogens is 328 g/mol. The maximum Gasteiger partial charge on any atom is 0.139 e. The first-order chi connectivity index (χ1) is 12.2. The SMILES string of the molecule is Cc1ccc(-c2csc3ncnc(NC(C)c4ccccn4)c23)cc1. The van der Waals surface area contributed by atoms with Gasteiger partial charge in [0.05, 0.1) is 17.1 Å². The molecule has 0 saturated heterocycles. The predicted octanol–water partition coefficient (Wildman–Crippen LogP) is 5.23. The third-order valence-electron chi connectivity index (χ3n) is 4.22. The largest absolute Gasteiger partial charge is 0.361 e. The first kappa shape index (κ1) is 15.7. The lowest BCUT2D eigenvalue weighted by Gasteiger charge is -2.15. The van der Waals surface area contributed by atoms with Crippen molar-refractivity contribution in [3.05, 3.63) is 71.6 Å². The highest BCUT2D eigenvalue weighted by Crippen LogP contribution is 2.37. The zero-order valence-corrected chi connectivity index (χ0v) is 14.9. The van der Waals surface area contributed by atoms with Crippen LogP contribution < -0.4 is 5.32 Å². The molecule has 1 N–H and O–H groups in total. The van der Waals surface area contributed by atoms with Crippen molar-refractivity contribution in [1.29, 1.82) is 0 Å². The summed E-state index contributed by atoms with van der Waals surface area (Å²) in [5, 5.41) is 6.72. The number of anilines is 1. The molecule has 0 fully saturated rings. The van der Waals surface area contributed by atoms with E-state index in [1.54, 1.807) is 17.7 Å². The predicted molar refractivity (Wildman–Crippen MR) is 104 cm³/mol. The Morgan fingerprint density at radius 2 is 1.84 bits per heavy atom. The van der Waals surface area contributed by atoms with E-state index in [4.69, 9.17) is 0 Å². The van der Waals surface area contributed by atoms with Crippen LogP contribution in [-0.2, 0) is 0 Å². The maximum atomic E-state index is 4.50. The van der Waals surface area contributed by atoms with Gasteiger partial charge in [-0.15, -0.1) is 11.3 Å². The van der Waals surface area contributed by atoms with Crippen LogP contribution in [0.3, 0.4) is 0 Å². The van der Waals surface area contributed by atoms with E-state index >= 15 is 0 Å². The van der Waals surface area contributed by atoms with Gasteiger partial charge in [-0.05, 0) is 31.5 Å². The molecule has 0 aliphatic carbocycles. The van der Waals surface area contributed by atoms with E-state index < -0.39 is 0 Å². The molecule has 4 nitrogen and oxygen atoms in total. The molecule has 25 heavy (non-hydrogen) atoms. The number of nitrogens with one attached hydrogen (secondary N) is 1. The fraction of sp³-hybridized carbons (Fsp3) is 0.150. The fourth-order valence-electron chi connectivity index (χ4n) is 2.84. The second-order valence-corrected chi connectivity index (χ2v) is 6.90. The highest BCUT2D eigenvalue weighted by Gasteiger charge is 2.15. The van der Waals surface area contributed by atoms with Crippen molar-refractivity contribution in [1.82, 2.24) is 15.0 Å². The van der Waals surface area contributed by atoms with Crippen LogP contribution in [0, 0.1) is 6.92 Å². The summed E-state index contributed by atoms with van der Waals surface area (Å²) in [4.78, 5) is 14.4. The molecule has 124 valence electrons. The first-order valence-electron chi connectivity index (χ1n) is 8.19. The number of aromatic nitrogens is 3. The molecule has 1 aromatic carbocycles. The molecule has 0 aliphatic heterocycles. The molecule has 0 bridgehead atoms. The number of aryl methyl sites for hydroxylation is 1. The summed E-state index contributed by atoms with van der Waals surface area (Å²) in [5.41, 5.74) is 4.58. The summed E-state index contributed by atoms with van der Waals surface area (Å²) in [6.45, 7) is 4.19. The molecule has 1 atom stereocenters. The Hall–Kier alpha value is -2.79. The Balaban J connectivity index is 1.76. The highest BCUT2D eigenvalue weighted by molar-refractivity contribution is 7.17. The van der Waals surface area contributed by atoms with Crippen LogP contribution in [0.5, 0.6) is 0 Å². The van der Waals surface area contributed by atoms with Gasteiger partial charge in [-0.25, -0.2) is 9.97 Å². The number of nitrogens with zero attached hydrogens (tertiary/aromatic N) is 3. The molecule has 0 saturated carbocycles. The lowest BCUT2D eigenvalue weighted by molar-refractivity contribution is 0.833. The van der Waals surface area contributed by atoms with Gasteiger partial charge in [-0.1, -0.05) is 35.9 Å². The molecule has 0 amide bonds. The van der Waals surface area contributed by atoms with Crippen molar-refractivity contribution in [2.24, 2.45) is 0 Å². The monoisotopic (exact) mass is 346 g/mol. The molecule has 4 aromatic rings. The van der Waals surface area contributed by atoms with Crippen molar-refractivity contribution in [3.63, 3.8) is 0 Å². The van der Waals surface area contributed by atoms with E-state index in [9.17, 15) is 0 Å². The van der Waals surface area contributed by atoms with E-state index in [2.05, 4.69) is 63.8 Å². The van der Waals surface area contributed by atoms with E-state index in [1.165, 1.54) is 11.1 Å². The summed E-state index contributed by atoms with van der Waals surface area (Å²) in [6, 6.07) is 14.6. The molecule has 3 heterocycles. The van der Waals surface area contributed by atoms with Crippen LogP contribution >= 0.6 is 11.3 Å². The van der Waals surface area contributed by atoms with Crippen molar-refractivity contribution in [3.8, 4) is 11.1 Å². The number of hydrogen-bond donors (Lipinski definition) is 1. The lowest BCUT2D eigenvalue weighted by atomic mass is 10.0. The minimum absolute atomic E-state index is 0.0602. The first-order valence-corrected chi connectivity index (χ1v) is 9.07. The number of thiophene rings is 1. The van der Waals surface area contributed by atoms with Gasteiger partial charge in [0.1, 0.15) is 17.0 Å². The van der Waals surface area contributed by atoms with Gasteiger partial charge in [0.15, 0.2) is 0 Å². The summed E-state index contributed by atoms with van der Waals surface area (Å²) in [5.74, 6) is 0.847. The van der Waals surface area contributed by atoms with Crippen molar-refractivity contribution >= 4 is 27.4 Å². The summed E-state index contributed by atoms with van der Waals surface area (Å²) in [7, 11) is 0. The van der Waals surface area contributed by atoms with Gasteiger partial charge < -0.3 is 5.32 Å². The molecule has 0 radical (unpaired) electrons. The molecule has 0 spiro atoms. The van der Waals surface area contributed by atoms with Crippen molar-refractivity contribution in [2.75, 3.05) is 5.32 Å². The van der Waals surface area contributed by atoms with Gasteiger partial charge >= 0.3 is 0 Å². The van der Waals surface area contributed by atoms with Gasteiger partial charge in [0, 0.05) is 17.1 Å². The van der Waals surface area contributed by atoms with Crippen LogP contribution in [-0.4, -0.2) is 15.0 Å². The van der Waals surface area contributed by atoms with Crippen molar-refractivity contribution in [2.45, 2.75) is 19.9 Å². The van der Waals surface area contributed by atoms with E-state index in [0.29, 0.717) is 0 Å². The third-order valence-corrected chi connectivity index (χ3v) is 5.10. The minimum Gasteiger partial charge on any atom is -0.361 e. The van der Waals surface area contributed by atoms with Gasteiger partial charge in [0.2, 0.25) is 0 Å². The number of rotatable bonds is 4. The fourth-order valence-corrected chi connectivity index (χ4v) is 3.76. The summed E-state index contributed by atoms with van der Waals surface area (Å²) < 4.78 is 0. The average molecular weight is 346 g/mol. The molecule has 5 heteroatoms. The molecule has 4 rings (SSSR count). The van der Waals surface area contributed by atoms with Crippen LogP contribution in [0.1, 0.15) is 24.2 Å². The van der Waals surface area contributed by atoms with E-state index in [0.717, 1.165) is 27.3 Å². The molecule has 1 unspecified atom stereocenters. The molecule has 0 aliphatic rings. The van der Waals surface area contributed by atoms with Crippen LogP contribution in [0.15, 0.2) is 60.4 Å². The maximum absolute atomic E-state index is 4.50. The summed E-state index contributed by atoms with van der Waals surface area (Å²) >= 11 is 1.64. The summed E-state index contributed by atoms with van der Waals surface area (Å²) in [6.07, 6.45) is 3.43. The Morgan fingerprint density at radius 3 is 2.60 bits per heavy atom. The number of benzene rings is 1. The zero-order valence-electron chi connectivity index (χ0n) is 14.1. The normalized spacial score (nSPS) is 12.2. The van der Waals surface area contributed by atoms with Crippen LogP contribution in [0.2, 0.25) is 0 Å². The number of fused-ring (bicyclic) bond motifs is 1. The van der Waals surface area contributed by atoms with Gasteiger partial charge in [-0.3, -0.25) is 4.98 Å².